The molecule has 0 aromatic heterocycles. The van der Waals surface area contributed by atoms with E-state index in [2.05, 4.69) is 10.6 Å². The van der Waals surface area contributed by atoms with Crippen molar-refractivity contribution in [1.82, 2.24) is 5.32 Å². The molecular formula is C18H17Cl3N2O4. The number of halogens is 3. The van der Waals surface area contributed by atoms with Gasteiger partial charge in [0.25, 0.3) is 5.91 Å². The Morgan fingerprint density at radius 2 is 1.48 bits per heavy atom. The largest absolute Gasteiger partial charge is 0.497 e. The molecule has 2 amide bonds. The second-order valence-corrected chi connectivity index (χ2v) is 6.62. The highest BCUT2D eigenvalue weighted by Gasteiger charge is 2.12. The SMILES string of the molecule is COc1cc(OC)cc(C(=O)NCCC(=O)Nc2cc(Cl)c(Cl)cc2Cl)c1. The van der Waals surface area contributed by atoms with Crippen LogP contribution < -0.4 is 20.1 Å². The number of hydrogen-bond acceptors (Lipinski definition) is 4. The lowest BCUT2D eigenvalue weighted by Crippen LogP contribution is -2.27. The Kier molecular flexibility index (Phi) is 7.59. The van der Waals surface area contributed by atoms with Crippen LogP contribution >= 0.6 is 34.8 Å². The van der Waals surface area contributed by atoms with Gasteiger partial charge in [0.1, 0.15) is 11.5 Å². The maximum atomic E-state index is 12.2. The number of hydrogen-bond donors (Lipinski definition) is 2. The molecule has 0 unspecified atom stereocenters. The normalized spacial score (nSPS) is 10.3. The van der Waals surface area contributed by atoms with Crippen LogP contribution in [0.5, 0.6) is 11.5 Å². The predicted molar refractivity (Wildman–Crippen MR) is 107 cm³/mol. The van der Waals surface area contributed by atoms with Gasteiger partial charge < -0.3 is 20.1 Å². The Hall–Kier alpha value is -2.15. The van der Waals surface area contributed by atoms with Gasteiger partial charge in [0.15, 0.2) is 0 Å². The van der Waals surface area contributed by atoms with Gasteiger partial charge in [-0.3, -0.25) is 9.59 Å². The first-order valence-corrected chi connectivity index (χ1v) is 8.93. The van der Waals surface area contributed by atoms with E-state index in [9.17, 15) is 9.59 Å². The topological polar surface area (TPSA) is 76.7 Å². The van der Waals surface area contributed by atoms with Crippen molar-refractivity contribution in [3.8, 4) is 11.5 Å². The number of ether oxygens (including phenoxy) is 2. The van der Waals surface area contributed by atoms with Crippen LogP contribution in [-0.4, -0.2) is 32.6 Å². The molecule has 0 aliphatic heterocycles. The number of carbonyl (C=O) groups excluding carboxylic acids is 2. The van der Waals surface area contributed by atoms with Gasteiger partial charge >= 0.3 is 0 Å². The number of nitrogens with one attached hydrogen (secondary N) is 2. The van der Waals surface area contributed by atoms with E-state index in [0.29, 0.717) is 27.8 Å². The number of carbonyl (C=O) groups is 2. The average molecular weight is 432 g/mol. The van der Waals surface area contributed by atoms with Crippen LogP contribution in [0.4, 0.5) is 5.69 Å². The molecule has 2 aromatic carbocycles. The maximum absolute atomic E-state index is 12.2. The Bertz CT molecular complexity index is 836. The molecule has 6 nitrogen and oxygen atoms in total. The second kappa shape index (κ2) is 9.69. The quantitative estimate of drug-likeness (QED) is 0.636. The zero-order chi connectivity index (χ0) is 20.0. The Morgan fingerprint density at radius 3 is 2.07 bits per heavy atom. The van der Waals surface area contributed by atoms with Gasteiger partial charge in [0.2, 0.25) is 5.91 Å². The number of benzene rings is 2. The lowest BCUT2D eigenvalue weighted by atomic mass is 10.2. The minimum absolute atomic E-state index is 0.0451. The zero-order valence-electron chi connectivity index (χ0n) is 14.6. The molecule has 9 heteroatoms. The smallest absolute Gasteiger partial charge is 0.251 e. The summed E-state index contributed by atoms with van der Waals surface area (Å²) in [5.74, 6) is 0.296. The van der Waals surface area contributed by atoms with Gasteiger partial charge in [-0.15, -0.1) is 0 Å². The van der Waals surface area contributed by atoms with Crippen molar-refractivity contribution in [2.45, 2.75) is 6.42 Å². The van der Waals surface area contributed by atoms with Crippen molar-refractivity contribution >= 4 is 52.3 Å². The molecule has 2 rings (SSSR count). The molecule has 0 aliphatic rings. The number of anilines is 1. The van der Waals surface area contributed by atoms with Gasteiger partial charge in [-0.1, -0.05) is 34.8 Å². The fourth-order valence-electron chi connectivity index (χ4n) is 2.16. The summed E-state index contributed by atoms with van der Waals surface area (Å²) in [4.78, 5) is 24.3. The van der Waals surface area contributed by atoms with E-state index in [0.717, 1.165) is 0 Å². The Morgan fingerprint density at radius 1 is 0.889 bits per heavy atom. The standard InChI is InChI=1S/C18H17Cl3N2O4/c1-26-11-5-10(6-12(7-11)27-2)18(25)22-4-3-17(24)23-16-9-14(20)13(19)8-15(16)21/h5-9H,3-4H2,1-2H3,(H,22,25)(H,23,24). The van der Waals surface area contributed by atoms with Crippen molar-refractivity contribution in [2.24, 2.45) is 0 Å². The molecule has 27 heavy (non-hydrogen) atoms. The van der Waals surface area contributed by atoms with E-state index in [1.165, 1.54) is 26.4 Å². The summed E-state index contributed by atoms with van der Waals surface area (Å²) in [6.07, 6.45) is 0.0451. The van der Waals surface area contributed by atoms with Gasteiger partial charge in [-0.05, 0) is 24.3 Å². The molecule has 0 spiro atoms. The van der Waals surface area contributed by atoms with Gasteiger partial charge in [-0.25, -0.2) is 0 Å². The lowest BCUT2D eigenvalue weighted by molar-refractivity contribution is -0.116. The van der Waals surface area contributed by atoms with Gasteiger partial charge in [-0.2, -0.15) is 0 Å². The highest BCUT2D eigenvalue weighted by atomic mass is 35.5. The molecule has 2 N–H and O–H groups in total. The molecule has 0 fully saturated rings. The van der Waals surface area contributed by atoms with Crippen LogP contribution in [0.2, 0.25) is 15.1 Å². The molecule has 0 atom stereocenters. The molecule has 0 bridgehead atoms. The molecule has 0 heterocycles. The third-order valence-electron chi connectivity index (χ3n) is 3.54. The summed E-state index contributed by atoms with van der Waals surface area (Å²) < 4.78 is 10.3. The van der Waals surface area contributed by atoms with E-state index in [1.807, 2.05) is 0 Å². The second-order valence-electron chi connectivity index (χ2n) is 5.40. The Labute approximate surface area is 171 Å². The summed E-state index contributed by atoms with van der Waals surface area (Å²) in [5.41, 5.74) is 0.707. The fourth-order valence-corrected chi connectivity index (χ4v) is 2.76. The van der Waals surface area contributed by atoms with Crippen molar-refractivity contribution in [3.05, 3.63) is 51.0 Å². The molecule has 144 valence electrons. The van der Waals surface area contributed by atoms with E-state index < -0.39 is 0 Å². The van der Waals surface area contributed by atoms with E-state index >= 15 is 0 Å². The van der Waals surface area contributed by atoms with Crippen LogP contribution in [0.3, 0.4) is 0 Å². The number of rotatable bonds is 7. The molecular weight excluding hydrogens is 415 g/mol. The molecule has 2 aromatic rings. The summed E-state index contributed by atoms with van der Waals surface area (Å²) in [5, 5.41) is 6.12. The third kappa shape index (κ3) is 5.92. The highest BCUT2D eigenvalue weighted by molar-refractivity contribution is 6.44. The zero-order valence-corrected chi connectivity index (χ0v) is 16.8. The summed E-state index contributed by atoms with van der Waals surface area (Å²) in [6.45, 7) is 0.128. The monoisotopic (exact) mass is 430 g/mol. The lowest BCUT2D eigenvalue weighted by Gasteiger charge is -2.10. The van der Waals surface area contributed by atoms with Crippen LogP contribution in [0, 0.1) is 0 Å². The fraction of sp³-hybridized carbons (Fsp3) is 0.222. The summed E-state index contributed by atoms with van der Waals surface area (Å²) in [6, 6.07) is 7.72. The van der Waals surface area contributed by atoms with Crippen LogP contribution in [-0.2, 0) is 4.79 Å². The third-order valence-corrected chi connectivity index (χ3v) is 4.57. The van der Waals surface area contributed by atoms with Crippen LogP contribution in [0.25, 0.3) is 0 Å². The molecule has 0 radical (unpaired) electrons. The average Bonchev–Trinajstić information content (AvgIpc) is 2.65. The van der Waals surface area contributed by atoms with Gasteiger partial charge in [0, 0.05) is 24.6 Å². The minimum atomic E-state index is -0.354. The number of methoxy groups -OCH3 is 2. The van der Waals surface area contributed by atoms with Crippen molar-refractivity contribution in [1.29, 1.82) is 0 Å². The Balaban J connectivity index is 1.91. The first kappa shape index (κ1) is 21.2. The van der Waals surface area contributed by atoms with Gasteiger partial charge in [0.05, 0.1) is 35.0 Å². The van der Waals surface area contributed by atoms with E-state index in [1.54, 1.807) is 18.2 Å². The van der Waals surface area contributed by atoms with Crippen molar-refractivity contribution in [2.75, 3.05) is 26.1 Å². The number of amides is 2. The van der Waals surface area contributed by atoms with Crippen LogP contribution in [0.1, 0.15) is 16.8 Å². The van der Waals surface area contributed by atoms with Crippen LogP contribution in [0.15, 0.2) is 30.3 Å². The first-order chi connectivity index (χ1) is 12.8. The van der Waals surface area contributed by atoms with E-state index in [-0.39, 0.29) is 34.8 Å². The molecule has 0 aliphatic carbocycles. The van der Waals surface area contributed by atoms with Crippen molar-refractivity contribution < 1.29 is 19.1 Å². The van der Waals surface area contributed by atoms with Crippen molar-refractivity contribution in [3.63, 3.8) is 0 Å². The predicted octanol–water partition coefficient (Wildman–Crippen LogP) is 4.42. The minimum Gasteiger partial charge on any atom is -0.497 e. The maximum Gasteiger partial charge on any atom is 0.251 e. The highest BCUT2D eigenvalue weighted by Crippen LogP contribution is 2.32. The summed E-state index contributed by atoms with van der Waals surface area (Å²) in [7, 11) is 2.99. The van der Waals surface area contributed by atoms with E-state index in [4.69, 9.17) is 44.3 Å². The summed E-state index contributed by atoms with van der Waals surface area (Å²) >= 11 is 17.8. The molecule has 0 saturated heterocycles. The first-order valence-electron chi connectivity index (χ1n) is 7.79. The molecule has 0 saturated carbocycles.